The number of carbonyl (C=O) groups is 1. The molecule has 30 heavy (non-hydrogen) atoms. The summed E-state index contributed by atoms with van der Waals surface area (Å²) in [5, 5.41) is 4.16. The van der Waals surface area contributed by atoms with Gasteiger partial charge in [0.05, 0.1) is 20.3 Å². The molecule has 2 heterocycles. The number of amides is 1. The largest absolute Gasteiger partial charge is 0.493 e. The van der Waals surface area contributed by atoms with Crippen LogP contribution in [-0.2, 0) is 13.5 Å². The van der Waals surface area contributed by atoms with Gasteiger partial charge >= 0.3 is 0 Å². The summed E-state index contributed by atoms with van der Waals surface area (Å²) in [5.41, 5.74) is 3.07. The van der Waals surface area contributed by atoms with Crippen molar-refractivity contribution in [3.05, 3.63) is 87.3 Å². The number of aryl methyl sites for hydroxylation is 1. The van der Waals surface area contributed by atoms with Gasteiger partial charge in [0, 0.05) is 19.7 Å². The van der Waals surface area contributed by atoms with Crippen molar-refractivity contribution in [3.8, 4) is 11.5 Å². The molecule has 154 valence electrons. The van der Waals surface area contributed by atoms with Crippen molar-refractivity contribution in [2.45, 2.75) is 12.5 Å². The molecule has 1 aliphatic heterocycles. The number of rotatable bonds is 4. The topological polar surface area (TPSA) is 73.7 Å². The number of methoxy groups -OCH3 is 2. The minimum atomic E-state index is -0.304. The molecular weight excluding hydrogens is 382 g/mol. The van der Waals surface area contributed by atoms with Gasteiger partial charge < -0.3 is 14.4 Å². The average molecular weight is 405 g/mol. The predicted octanol–water partition coefficient (Wildman–Crippen LogP) is 2.59. The molecule has 0 N–H and O–H groups in total. The van der Waals surface area contributed by atoms with Gasteiger partial charge in [0.2, 0.25) is 0 Å². The van der Waals surface area contributed by atoms with Gasteiger partial charge in [-0.25, -0.2) is 4.68 Å². The van der Waals surface area contributed by atoms with E-state index < -0.39 is 0 Å². The maximum Gasteiger partial charge on any atom is 0.275 e. The Bertz CT molecular complexity index is 1140. The van der Waals surface area contributed by atoms with Crippen molar-refractivity contribution in [2.24, 2.45) is 7.05 Å². The monoisotopic (exact) mass is 405 g/mol. The number of fused-ring (bicyclic) bond motifs is 1. The van der Waals surface area contributed by atoms with Crippen molar-refractivity contribution in [2.75, 3.05) is 20.8 Å². The zero-order valence-electron chi connectivity index (χ0n) is 17.2. The summed E-state index contributed by atoms with van der Waals surface area (Å²) in [4.78, 5) is 26.9. The first-order chi connectivity index (χ1) is 14.5. The molecule has 0 aliphatic carbocycles. The molecule has 3 aromatic rings. The Kier molecular flexibility index (Phi) is 5.27. The number of nitrogens with zero attached hydrogens (tertiary/aromatic N) is 3. The van der Waals surface area contributed by atoms with Gasteiger partial charge in [0.15, 0.2) is 11.5 Å². The maximum absolute atomic E-state index is 13.4. The molecule has 0 saturated carbocycles. The molecular formula is C23H23N3O4. The Hall–Kier alpha value is -3.61. The quantitative estimate of drug-likeness (QED) is 0.667. The van der Waals surface area contributed by atoms with E-state index >= 15 is 0 Å². The first kappa shape index (κ1) is 19.7. The lowest BCUT2D eigenvalue weighted by atomic mass is 9.87. The number of ether oxygens (including phenoxy) is 2. The van der Waals surface area contributed by atoms with Crippen LogP contribution in [0.1, 0.15) is 33.2 Å². The molecule has 1 unspecified atom stereocenters. The fourth-order valence-corrected chi connectivity index (χ4v) is 3.92. The van der Waals surface area contributed by atoms with E-state index in [2.05, 4.69) is 5.10 Å². The Morgan fingerprint density at radius 1 is 1.03 bits per heavy atom. The van der Waals surface area contributed by atoms with E-state index in [4.69, 9.17) is 9.47 Å². The second-order valence-electron chi connectivity index (χ2n) is 7.15. The number of benzene rings is 2. The molecule has 0 radical (unpaired) electrons. The summed E-state index contributed by atoms with van der Waals surface area (Å²) in [7, 11) is 4.75. The highest BCUT2D eigenvalue weighted by Gasteiger charge is 2.34. The summed E-state index contributed by atoms with van der Waals surface area (Å²) >= 11 is 0. The standard InChI is InChI=1S/C23H23N3O4/c1-25-21(27)10-9-18(24-25)23(28)26-12-11-16-13-19(29-2)20(30-3)14-17(16)22(26)15-7-5-4-6-8-15/h4-10,13-14,22H,11-12H2,1-3H3. The van der Waals surface area contributed by atoms with Gasteiger partial charge in [-0.2, -0.15) is 5.10 Å². The molecule has 1 aliphatic rings. The maximum atomic E-state index is 13.4. The molecule has 0 spiro atoms. The first-order valence-corrected chi connectivity index (χ1v) is 9.68. The van der Waals surface area contributed by atoms with Crippen molar-refractivity contribution >= 4 is 5.91 Å². The highest BCUT2D eigenvalue weighted by molar-refractivity contribution is 5.93. The Balaban J connectivity index is 1.84. The van der Waals surface area contributed by atoms with Crippen LogP contribution in [0.25, 0.3) is 0 Å². The van der Waals surface area contributed by atoms with Crippen LogP contribution in [0.4, 0.5) is 0 Å². The fourth-order valence-electron chi connectivity index (χ4n) is 3.92. The lowest BCUT2D eigenvalue weighted by Gasteiger charge is -2.38. The summed E-state index contributed by atoms with van der Waals surface area (Å²) in [5.74, 6) is 1.06. The van der Waals surface area contributed by atoms with E-state index in [0.717, 1.165) is 16.7 Å². The molecule has 2 aromatic carbocycles. The van der Waals surface area contributed by atoms with Crippen LogP contribution >= 0.6 is 0 Å². The molecule has 0 saturated heterocycles. The minimum Gasteiger partial charge on any atom is -0.493 e. The van der Waals surface area contributed by atoms with E-state index in [1.807, 2.05) is 42.5 Å². The summed E-state index contributed by atoms with van der Waals surface area (Å²) in [6, 6.07) is 16.3. The summed E-state index contributed by atoms with van der Waals surface area (Å²) in [6.07, 6.45) is 0.677. The molecule has 7 heteroatoms. The molecule has 0 bridgehead atoms. The Morgan fingerprint density at radius 3 is 2.40 bits per heavy atom. The van der Waals surface area contributed by atoms with Gasteiger partial charge in [-0.1, -0.05) is 30.3 Å². The Morgan fingerprint density at radius 2 is 1.73 bits per heavy atom. The van der Waals surface area contributed by atoms with Crippen LogP contribution < -0.4 is 15.0 Å². The fraction of sp³-hybridized carbons (Fsp3) is 0.261. The second-order valence-corrected chi connectivity index (χ2v) is 7.15. The molecule has 1 aromatic heterocycles. The number of aromatic nitrogens is 2. The molecule has 0 fully saturated rings. The lowest BCUT2D eigenvalue weighted by molar-refractivity contribution is 0.0685. The van der Waals surface area contributed by atoms with Crippen molar-refractivity contribution in [1.82, 2.24) is 14.7 Å². The predicted molar refractivity (Wildman–Crippen MR) is 112 cm³/mol. The lowest BCUT2D eigenvalue weighted by Crippen LogP contribution is -2.41. The third kappa shape index (κ3) is 3.43. The molecule has 4 rings (SSSR count). The third-order valence-corrected chi connectivity index (χ3v) is 5.43. The number of hydrogen-bond acceptors (Lipinski definition) is 5. The molecule has 1 amide bonds. The van der Waals surface area contributed by atoms with E-state index in [1.165, 1.54) is 23.9 Å². The van der Waals surface area contributed by atoms with Crippen LogP contribution in [-0.4, -0.2) is 41.4 Å². The first-order valence-electron chi connectivity index (χ1n) is 9.68. The third-order valence-electron chi connectivity index (χ3n) is 5.43. The molecule has 1 atom stereocenters. The van der Waals surface area contributed by atoms with Crippen molar-refractivity contribution in [3.63, 3.8) is 0 Å². The van der Waals surface area contributed by atoms with Crippen LogP contribution in [0.15, 0.2) is 59.4 Å². The van der Waals surface area contributed by atoms with Gasteiger partial charge in [0.25, 0.3) is 11.5 Å². The van der Waals surface area contributed by atoms with Gasteiger partial charge in [0.1, 0.15) is 5.69 Å². The van der Waals surface area contributed by atoms with Gasteiger partial charge in [-0.05, 0) is 41.3 Å². The van der Waals surface area contributed by atoms with E-state index in [1.54, 1.807) is 19.1 Å². The van der Waals surface area contributed by atoms with Crippen LogP contribution in [0.2, 0.25) is 0 Å². The van der Waals surface area contributed by atoms with Gasteiger partial charge in [-0.15, -0.1) is 0 Å². The van der Waals surface area contributed by atoms with E-state index in [9.17, 15) is 9.59 Å². The zero-order chi connectivity index (χ0) is 21.3. The summed E-state index contributed by atoms with van der Waals surface area (Å²) < 4.78 is 12.2. The van der Waals surface area contributed by atoms with Crippen molar-refractivity contribution < 1.29 is 14.3 Å². The molecule has 7 nitrogen and oxygen atoms in total. The SMILES string of the molecule is COc1cc2c(cc1OC)C(c1ccccc1)N(C(=O)c1ccc(=O)n(C)n1)CC2. The minimum absolute atomic E-state index is 0.222. The van der Waals surface area contributed by atoms with E-state index in [0.29, 0.717) is 24.5 Å². The van der Waals surface area contributed by atoms with Crippen LogP contribution in [0.5, 0.6) is 11.5 Å². The van der Waals surface area contributed by atoms with Crippen LogP contribution in [0, 0.1) is 0 Å². The smallest absolute Gasteiger partial charge is 0.275 e. The average Bonchev–Trinajstić information content (AvgIpc) is 2.79. The summed E-state index contributed by atoms with van der Waals surface area (Å²) in [6.45, 7) is 0.519. The highest BCUT2D eigenvalue weighted by Crippen LogP contribution is 2.41. The number of carbonyl (C=O) groups excluding carboxylic acids is 1. The highest BCUT2D eigenvalue weighted by atomic mass is 16.5. The van der Waals surface area contributed by atoms with Crippen molar-refractivity contribution in [1.29, 1.82) is 0 Å². The van der Waals surface area contributed by atoms with E-state index in [-0.39, 0.29) is 23.2 Å². The normalized spacial score (nSPS) is 15.4. The second kappa shape index (κ2) is 8.02. The number of hydrogen-bond donors (Lipinski definition) is 0. The van der Waals surface area contributed by atoms with Gasteiger partial charge in [-0.3, -0.25) is 9.59 Å². The Labute approximate surface area is 174 Å². The van der Waals surface area contributed by atoms with Crippen LogP contribution in [0.3, 0.4) is 0 Å². The zero-order valence-corrected chi connectivity index (χ0v) is 17.2.